The van der Waals surface area contributed by atoms with E-state index in [0.717, 1.165) is 18.4 Å². The van der Waals surface area contributed by atoms with Crippen LogP contribution < -0.4 is 5.43 Å². The lowest BCUT2D eigenvalue weighted by Crippen LogP contribution is -2.18. The van der Waals surface area contributed by atoms with Gasteiger partial charge in [0.25, 0.3) is 0 Å². The highest BCUT2D eigenvalue weighted by Crippen LogP contribution is 2.28. The van der Waals surface area contributed by atoms with Gasteiger partial charge >= 0.3 is 0 Å². The first kappa shape index (κ1) is 11.8. The van der Waals surface area contributed by atoms with E-state index in [4.69, 9.17) is 0 Å². The fourth-order valence-corrected chi connectivity index (χ4v) is 1.57. The summed E-state index contributed by atoms with van der Waals surface area (Å²) in [7, 11) is 0. The number of carbonyl (C=O) groups is 1. The third-order valence-electron chi connectivity index (χ3n) is 2.94. The van der Waals surface area contributed by atoms with Gasteiger partial charge in [0.2, 0.25) is 5.91 Å². The fraction of sp³-hybridized carbons (Fsp3) is 0.429. The van der Waals surface area contributed by atoms with Crippen LogP contribution in [0.3, 0.4) is 0 Å². The van der Waals surface area contributed by atoms with Crippen LogP contribution >= 0.6 is 0 Å². The van der Waals surface area contributed by atoms with Crippen molar-refractivity contribution in [2.45, 2.75) is 32.6 Å². The molecule has 0 bridgehead atoms. The number of hydrogen-bond acceptors (Lipinski definition) is 2. The minimum atomic E-state index is 0.0417. The molecule has 17 heavy (non-hydrogen) atoms. The van der Waals surface area contributed by atoms with E-state index in [1.807, 2.05) is 12.1 Å². The van der Waals surface area contributed by atoms with Gasteiger partial charge in [0.15, 0.2) is 0 Å². The molecule has 0 atom stereocenters. The number of nitrogens with zero attached hydrogens (tertiary/aromatic N) is 1. The van der Waals surface area contributed by atoms with E-state index < -0.39 is 0 Å². The third-order valence-corrected chi connectivity index (χ3v) is 2.94. The van der Waals surface area contributed by atoms with Gasteiger partial charge in [0.05, 0.1) is 6.21 Å². The van der Waals surface area contributed by atoms with Crippen molar-refractivity contribution >= 4 is 12.1 Å². The Morgan fingerprint density at radius 3 is 2.53 bits per heavy atom. The van der Waals surface area contributed by atoms with E-state index >= 15 is 0 Å². The van der Waals surface area contributed by atoms with Gasteiger partial charge in [-0.25, -0.2) is 5.43 Å². The number of nitrogens with one attached hydrogen (secondary N) is 1. The quantitative estimate of drug-likeness (QED) is 0.627. The Labute approximate surface area is 102 Å². The zero-order valence-electron chi connectivity index (χ0n) is 10.3. The van der Waals surface area contributed by atoms with E-state index in [2.05, 4.69) is 36.5 Å². The highest BCUT2D eigenvalue weighted by atomic mass is 16.2. The van der Waals surface area contributed by atoms with E-state index in [-0.39, 0.29) is 11.8 Å². The van der Waals surface area contributed by atoms with Crippen LogP contribution in [-0.2, 0) is 4.79 Å². The zero-order chi connectivity index (χ0) is 12.3. The zero-order valence-corrected chi connectivity index (χ0v) is 10.3. The molecule has 1 saturated carbocycles. The summed E-state index contributed by atoms with van der Waals surface area (Å²) in [6.07, 6.45) is 3.69. The molecule has 0 saturated heterocycles. The molecule has 0 radical (unpaired) electrons. The molecule has 3 nitrogen and oxygen atoms in total. The van der Waals surface area contributed by atoms with Crippen LogP contribution in [0.4, 0.5) is 0 Å². The van der Waals surface area contributed by atoms with Crippen molar-refractivity contribution in [3.8, 4) is 0 Å². The van der Waals surface area contributed by atoms with Crippen LogP contribution in [0.5, 0.6) is 0 Å². The summed E-state index contributed by atoms with van der Waals surface area (Å²) in [5.74, 6) is 0.783. The van der Waals surface area contributed by atoms with E-state index in [1.54, 1.807) is 6.21 Å². The molecule has 3 heteroatoms. The molecule has 0 unspecified atom stereocenters. The summed E-state index contributed by atoms with van der Waals surface area (Å²) in [6, 6.07) is 8.22. The van der Waals surface area contributed by atoms with Crippen LogP contribution in [0, 0.1) is 5.92 Å². The van der Waals surface area contributed by atoms with Crippen molar-refractivity contribution < 1.29 is 4.79 Å². The number of carbonyl (C=O) groups excluding carboxylic acids is 1. The maximum absolute atomic E-state index is 11.3. The van der Waals surface area contributed by atoms with Crippen molar-refractivity contribution in [1.29, 1.82) is 0 Å². The van der Waals surface area contributed by atoms with E-state index in [1.165, 1.54) is 5.56 Å². The maximum Gasteiger partial charge on any atom is 0.243 e. The molecule has 1 aliphatic carbocycles. The smallest absolute Gasteiger partial charge is 0.243 e. The lowest BCUT2D eigenvalue weighted by atomic mass is 10.0. The third kappa shape index (κ3) is 3.41. The lowest BCUT2D eigenvalue weighted by molar-refractivity contribution is -0.122. The van der Waals surface area contributed by atoms with E-state index in [9.17, 15) is 4.79 Å². The van der Waals surface area contributed by atoms with Gasteiger partial charge in [0, 0.05) is 5.92 Å². The Morgan fingerprint density at radius 2 is 2.00 bits per heavy atom. The largest absolute Gasteiger partial charge is 0.273 e. The molecule has 1 amide bonds. The fourth-order valence-electron chi connectivity index (χ4n) is 1.57. The van der Waals surface area contributed by atoms with Gasteiger partial charge in [-0.3, -0.25) is 4.79 Å². The topological polar surface area (TPSA) is 41.5 Å². The number of hydrazone groups is 1. The summed E-state index contributed by atoms with van der Waals surface area (Å²) in [5.41, 5.74) is 4.88. The normalized spacial score (nSPS) is 15.5. The molecule has 0 aliphatic heterocycles. The van der Waals surface area contributed by atoms with Crippen molar-refractivity contribution in [3.05, 3.63) is 35.4 Å². The van der Waals surface area contributed by atoms with Crippen molar-refractivity contribution in [3.63, 3.8) is 0 Å². The Kier molecular flexibility index (Phi) is 3.57. The molecule has 90 valence electrons. The molecular weight excluding hydrogens is 212 g/mol. The highest BCUT2D eigenvalue weighted by molar-refractivity contribution is 5.84. The first-order valence-electron chi connectivity index (χ1n) is 6.09. The monoisotopic (exact) mass is 230 g/mol. The van der Waals surface area contributed by atoms with Crippen LogP contribution in [-0.4, -0.2) is 12.1 Å². The van der Waals surface area contributed by atoms with E-state index in [0.29, 0.717) is 5.92 Å². The average molecular weight is 230 g/mol. The predicted octanol–water partition coefficient (Wildman–Crippen LogP) is 2.67. The molecule has 2 rings (SSSR count). The van der Waals surface area contributed by atoms with Crippen LogP contribution in [0.15, 0.2) is 29.4 Å². The van der Waals surface area contributed by atoms with Crippen molar-refractivity contribution in [2.75, 3.05) is 0 Å². The highest BCUT2D eigenvalue weighted by Gasteiger charge is 2.29. The Bertz CT molecular complexity index is 416. The standard InChI is InChI=1S/C14H18N2O/c1-10(2)12-5-3-11(4-6-12)9-15-16-14(17)13-7-8-13/h3-6,9-10,13H,7-8H2,1-2H3,(H,16,17)/b15-9+. The molecule has 0 aromatic heterocycles. The summed E-state index contributed by atoms with van der Waals surface area (Å²) >= 11 is 0. The van der Waals surface area contributed by atoms with Crippen molar-refractivity contribution in [1.82, 2.24) is 5.43 Å². The molecule has 0 spiro atoms. The Morgan fingerprint density at radius 1 is 1.35 bits per heavy atom. The minimum Gasteiger partial charge on any atom is -0.273 e. The van der Waals surface area contributed by atoms with Gasteiger partial charge in [-0.05, 0) is 29.9 Å². The first-order chi connectivity index (χ1) is 8.16. The number of rotatable bonds is 4. The molecule has 1 N–H and O–H groups in total. The minimum absolute atomic E-state index is 0.0417. The molecule has 1 aromatic carbocycles. The lowest BCUT2D eigenvalue weighted by Gasteiger charge is -2.04. The number of benzene rings is 1. The SMILES string of the molecule is CC(C)c1ccc(/C=N/NC(=O)C2CC2)cc1. The van der Waals surface area contributed by atoms with Gasteiger partial charge in [-0.2, -0.15) is 5.10 Å². The maximum atomic E-state index is 11.3. The summed E-state index contributed by atoms with van der Waals surface area (Å²) in [6.45, 7) is 4.33. The second kappa shape index (κ2) is 5.13. The van der Waals surface area contributed by atoms with Crippen LogP contribution in [0.1, 0.15) is 43.7 Å². The average Bonchev–Trinajstić information content (AvgIpc) is 3.13. The number of hydrogen-bond donors (Lipinski definition) is 1. The predicted molar refractivity (Wildman–Crippen MR) is 69.0 cm³/mol. The second-order valence-electron chi connectivity index (χ2n) is 4.83. The summed E-state index contributed by atoms with van der Waals surface area (Å²) in [5, 5.41) is 3.95. The second-order valence-corrected chi connectivity index (χ2v) is 4.83. The molecular formula is C14H18N2O. The van der Waals surface area contributed by atoms with Gasteiger partial charge in [-0.1, -0.05) is 38.1 Å². The summed E-state index contributed by atoms with van der Waals surface area (Å²) < 4.78 is 0. The van der Waals surface area contributed by atoms with Crippen LogP contribution in [0.2, 0.25) is 0 Å². The van der Waals surface area contributed by atoms with Gasteiger partial charge < -0.3 is 0 Å². The van der Waals surface area contributed by atoms with Crippen molar-refractivity contribution in [2.24, 2.45) is 11.0 Å². The first-order valence-corrected chi connectivity index (χ1v) is 6.09. The molecule has 1 aliphatic rings. The van der Waals surface area contributed by atoms with Crippen LogP contribution in [0.25, 0.3) is 0 Å². The number of amides is 1. The van der Waals surface area contributed by atoms with Gasteiger partial charge in [-0.15, -0.1) is 0 Å². The van der Waals surface area contributed by atoms with Gasteiger partial charge in [0.1, 0.15) is 0 Å². The molecule has 1 aromatic rings. The Hall–Kier alpha value is -1.64. The molecule has 0 heterocycles. The molecule has 1 fully saturated rings. The Balaban J connectivity index is 1.89. The summed E-state index contributed by atoms with van der Waals surface area (Å²) in [4.78, 5) is 11.3.